The topological polar surface area (TPSA) is 137 Å². The smallest absolute Gasteiger partial charge is 0.245 e. The van der Waals surface area contributed by atoms with Gasteiger partial charge in [0.25, 0.3) is 0 Å². The molecule has 1 aromatic carbocycles. The largest absolute Gasteiger partial charge is 0.365 e. The van der Waals surface area contributed by atoms with Crippen LogP contribution < -0.4 is 16.0 Å². The molecule has 5 atom stereocenters. The zero-order valence-electron chi connectivity index (χ0n) is 24.2. The lowest BCUT2D eigenvalue weighted by Crippen LogP contribution is -2.63. The number of hydrogen-bond donors (Lipinski definition) is 3. The summed E-state index contributed by atoms with van der Waals surface area (Å²) in [5, 5.41) is 8.74. The number of Topliss-reactive ketones (excluding diaryl/α,β-unsaturated/α-hetero) is 1. The van der Waals surface area contributed by atoms with Gasteiger partial charge in [-0.1, -0.05) is 57.0 Å². The van der Waals surface area contributed by atoms with E-state index in [0.717, 1.165) is 24.8 Å². The molecule has 3 N–H and O–H groups in total. The van der Waals surface area contributed by atoms with Crippen LogP contribution in [0.1, 0.15) is 77.2 Å². The zero-order chi connectivity index (χ0) is 29.4. The Morgan fingerprint density at radius 1 is 0.902 bits per heavy atom. The Morgan fingerprint density at radius 2 is 1.59 bits per heavy atom. The van der Waals surface area contributed by atoms with E-state index in [9.17, 15) is 24.0 Å². The van der Waals surface area contributed by atoms with Crippen molar-refractivity contribution in [2.24, 2.45) is 5.92 Å². The van der Waals surface area contributed by atoms with Gasteiger partial charge in [0.1, 0.15) is 30.3 Å². The van der Waals surface area contributed by atoms with Gasteiger partial charge in [0.05, 0.1) is 6.61 Å². The first-order valence-corrected chi connectivity index (χ1v) is 15.1. The number of hydrogen-bond acceptors (Lipinski definition) is 6. The highest BCUT2D eigenvalue weighted by Crippen LogP contribution is 2.22. The van der Waals surface area contributed by atoms with Crippen molar-refractivity contribution >= 4 is 29.4 Å². The minimum Gasteiger partial charge on any atom is -0.365 e. The van der Waals surface area contributed by atoms with Gasteiger partial charge < -0.3 is 25.6 Å². The molecule has 3 aliphatic rings. The predicted octanol–water partition coefficient (Wildman–Crippen LogP) is 2.04. The summed E-state index contributed by atoms with van der Waals surface area (Å²) in [5.74, 6) is -1.19. The van der Waals surface area contributed by atoms with Gasteiger partial charge in [-0.15, -0.1) is 0 Å². The molecule has 0 aromatic heterocycles. The van der Waals surface area contributed by atoms with E-state index in [4.69, 9.17) is 4.74 Å². The fourth-order valence-corrected chi connectivity index (χ4v) is 5.72. The van der Waals surface area contributed by atoms with Crippen LogP contribution in [-0.4, -0.2) is 77.7 Å². The molecule has 10 heteroatoms. The van der Waals surface area contributed by atoms with Gasteiger partial charge in [-0.2, -0.15) is 0 Å². The van der Waals surface area contributed by atoms with Gasteiger partial charge in [0, 0.05) is 19.4 Å². The molecule has 4 amide bonds. The average molecular weight is 569 g/mol. The Labute approximate surface area is 242 Å². The first kappa shape index (κ1) is 30.7. The number of piperidine rings is 1. The molecule has 4 rings (SSSR count). The number of benzene rings is 1. The van der Waals surface area contributed by atoms with E-state index in [1.165, 1.54) is 0 Å². The Balaban J connectivity index is 1.54. The number of ketones is 1. The molecule has 0 spiro atoms. The van der Waals surface area contributed by atoms with E-state index in [1.807, 2.05) is 44.2 Å². The Hall–Kier alpha value is -3.27. The fraction of sp³-hybridized carbons (Fsp3) is 0.645. The number of nitrogens with one attached hydrogen (secondary N) is 3. The summed E-state index contributed by atoms with van der Waals surface area (Å²) in [7, 11) is 0. The second kappa shape index (κ2) is 14.6. The van der Waals surface area contributed by atoms with Gasteiger partial charge >= 0.3 is 0 Å². The molecule has 224 valence electrons. The maximum absolute atomic E-state index is 13.8. The molecule has 3 saturated heterocycles. The standard InChI is InChI=1S/C31H44N4O6/c1-20(2)17-24-31(40)35-16-10-9-14-25(35)30(39)32-22(13-7-4-8-15-26(36)27-19-41-27)28(37)33-23(29(38)34-24)18-21-11-5-3-6-12-21/h3,5-6,11-12,20,22-25,27H,4,7-10,13-19H2,1-2H3,(H,32,39)(H,33,37)(H,34,38)/t22-,23+,24-,25-,27?/m0/s1. The highest BCUT2D eigenvalue weighted by Gasteiger charge is 2.39. The molecule has 3 heterocycles. The first-order chi connectivity index (χ1) is 19.7. The number of ether oxygens (including phenoxy) is 1. The number of epoxide rings is 1. The number of fused-ring (bicyclic) bond motifs is 1. The maximum Gasteiger partial charge on any atom is 0.245 e. The molecule has 0 radical (unpaired) electrons. The van der Waals surface area contributed by atoms with E-state index >= 15 is 0 Å². The number of rotatable bonds is 11. The molecule has 3 fully saturated rings. The Kier molecular flexibility index (Phi) is 10.9. The fourth-order valence-electron chi connectivity index (χ4n) is 5.72. The van der Waals surface area contributed by atoms with E-state index < -0.39 is 36.0 Å². The molecule has 10 nitrogen and oxygen atoms in total. The van der Waals surface area contributed by atoms with Gasteiger partial charge in [0.2, 0.25) is 23.6 Å². The number of carbonyl (C=O) groups is 5. The predicted molar refractivity (Wildman–Crippen MR) is 153 cm³/mol. The highest BCUT2D eigenvalue weighted by molar-refractivity contribution is 5.97. The lowest BCUT2D eigenvalue weighted by atomic mass is 9.95. The first-order valence-electron chi connectivity index (χ1n) is 15.1. The lowest BCUT2D eigenvalue weighted by molar-refractivity contribution is -0.147. The zero-order valence-corrected chi connectivity index (χ0v) is 24.2. The monoisotopic (exact) mass is 568 g/mol. The van der Waals surface area contributed by atoms with Crippen molar-refractivity contribution in [2.75, 3.05) is 13.2 Å². The van der Waals surface area contributed by atoms with Crippen molar-refractivity contribution in [1.29, 1.82) is 0 Å². The Morgan fingerprint density at radius 3 is 2.29 bits per heavy atom. The van der Waals surface area contributed by atoms with Crippen LogP contribution >= 0.6 is 0 Å². The van der Waals surface area contributed by atoms with Gasteiger partial charge in [-0.3, -0.25) is 24.0 Å². The number of carbonyl (C=O) groups excluding carboxylic acids is 5. The maximum atomic E-state index is 13.8. The van der Waals surface area contributed by atoms with E-state index in [2.05, 4.69) is 16.0 Å². The summed E-state index contributed by atoms with van der Waals surface area (Å²) in [6, 6.07) is 6.14. The van der Waals surface area contributed by atoms with Gasteiger partial charge in [-0.25, -0.2) is 0 Å². The average Bonchev–Trinajstić information content (AvgIpc) is 3.81. The van der Waals surface area contributed by atoms with Crippen LogP contribution in [-0.2, 0) is 35.1 Å². The second-order valence-corrected chi connectivity index (χ2v) is 11.9. The molecule has 0 aliphatic carbocycles. The van der Waals surface area contributed by atoms with Crippen LogP contribution in [0.2, 0.25) is 0 Å². The molecule has 41 heavy (non-hydrogen) atoms. The molecular formula is C31H44N4O6. The van der Waals surface area contributed by atoms with Crippen LogP contribution in [0.15, 0.2) is 30.3 Å². The number of unbranched alkanes of at least 4 members (excludes halogenated alkanes) is 2. The summed E-state index contributed by atoms with van der Waals surface area (Å²) in [4.78, 5) is 68.1. The van der Waals surface area contributed by atoms with E-state index in [-0.39, 0.29) is 36.0 Å². The highest BCUT2D eigenvalue weighted by atomic mass is 16.6. The van der Waals surface area contributed by atoms with Crippen molar-refractivity contribution in [3.63, 3.8) is 0 Å². The van der Waals surface area contributed by atoms with E-state index in [0.29, 0.717) is 51.7 Å². The van der Waals surface area contributed by atoms with Crippen molar-refractivity contribution < 1.29 is 28.7 Å². The number of nitrogens with zero attached hydrogens (tertiary/aromatic N) is 1. The quantitative estimate of drug-likeness (QED) is 0.276. The molecule has 1 aromatic rings. The van der Waals surface area contributed by atoms with Crippen LogP contribution in [0.5, 0.6) is 0 Å². The molecule has 3 aliphatic heterocycles. The SMILES string of the molecule is CC(C)C[C@@H]1NC(=O)[C@@H](Cc2ccccc2)NC(=O)[C@H](CCCCCC(=O)C2CO2)NC(=O)[C@@H]2CCCCN2C1=O. The summed E-state index contributed by atoms with van der Waals surface area (Å²) < 4.78 is 5.04. The van der Waals surface area contributed by atoms with Crippen LogP contribution in [0.4, 0.5) is 0 Å². The van der Waals surface area contributed by atoms with Gasteiger partial charge in [-0.05, 0) is 50.0 Å². The lowest BCUT2D eigenvalue weighted by Gasteiger charge is -2.39. The van der Waals surface area contributed by atoms with E-state index in [1.54, 1.807) is 4.90 Å². The molecule has 1 unspecified atom stereocenters. The summed E-state index contributed by atoms with van der Waals surface area (Å²) in [6.07, 6.45) is 5.34. The minimum absolute atomic E-state index is 0.106. The third kappa shape index (κ3) is 8.86. The number of amides is 4. The summed E-state index contributed by atoms with van der Waals surface area (Å²) >= 11 is 0. The van der Waals surface area contributed by atoms with Crippen molar-refractivity contribution in [3.8, 4) is 0 Å². The van der Waals surface area contributed by atoms with Crippen LogP contribution in [0, 0.1) is 5.92 Å². The molecule has 0 saturated carbocycles. The third-order valence-electron chi connectivity index (χ3n) is 8.07. The van der Waals surface area contributed by atoms with Gasteiger partial charge in [0.15, 0.2) is 5.78 Å². The van der Waals surface area contributed by atoms with Crippen LogP contribution in [0.3, 0.4) is 0 Å². The van der Waals surface area contributed by atoms with Crippen molar-refractivity contribution in [2.45, 2.75) is 108 Å². The summed E-state index contributed by atoms with van der Waals surface area (Å²) in [5.41, 5.74) is 0.868. The van der Waals surface area contributed by atoms with Crippen molar-refractivity contribution in [3.05, 3.63) is 35.9 Å². The molecule has 0 bridgehead atoms. The van der Waals surface area contributed by atoms with Crippen LogP contribution in [0.25, 0.3) is 0 Å². The third-order valence-corrected chi connectivity index (χ3v) is 8.07. The summed E-state index contributed by atoms with van der Waals surface area (Å²) in [6.45, 7) is 4.91. The second-order valence-electron chi connectivity index (χ2n) is 11.9. The molecular weight excluding hydrogens is 524 g/mol. The minimum atomic E-state index is -0.917. The Bertz CT molecular complexity index is 1090. The van der Waals surface area contributed by atoms with Crippen molar-refractivity contribution in [1.82, 2.24) is 20.9 Å². The normalized spacial score (nSPS) is 27.2.